The minimum atomic E-state index is -0.668. The van der Waals surface area contributed by atoms with Crippen molar-refractivity contribution in [2.24, 2.45) is 17.8 Å². The Morgan fingerprint density at radius 2 is 1.94 bits per heavy atom. The van der Waals surface area contributed by atoms with Crippen molar-refractivity contribution in [3.8, 4) is 0 Å². The highest BCUT2D eigenvalue weighted by atomic mass is 16.6. The van der Waals surface area contributed by atoms with Gasteiger partial charge in [0.2, 0.25) is 0 Å². The highest BCUT2D eigenvalue weighted by molar-refractivity contribution is 5.83. The summed E-state index contributed by atoms with van der Waals surface area (Å²) in [5, 5.41) is 0. The van der Waals surface area contributed by atoms with Crippen LogP contribution in [0.4, 0.5) is 0 Å². The first kappa shape index (κ1) is 14.2. The quantitative estimate of drug-likeness (QED) is 0.712. The topological polar surface area (TPSA) is 43.4 Å². The highest BCUT2D eigenvalue weighted by Crippen LogP contribution is 2.35. The fourth-order valence-corrected chi connectivity index (χ4v) is 2.38. The van der Waals surface area contributed by atoms with Crippen molar-refractivity contribution in [3.05, 3.63) is 0 Å². The van der Waals surface area contributed by atoms with E-state index in [1.807, 2.05) is 27.7 Å². The van der Waals surface area contributed by atoms with Gasteiger partial charge in [0.15, 0.2) is 0 Å². The molecule has 0 amide bonds. The number of Topliss-reactive ketones (excluding diaryl/α,β-unsaturated/α-hetero) is 1. The zero-order valence-electron chi connectivity index (χ0n) is 11.6. The van der Waals surface area contributed by atoms with Gasteiger partial charge in [0.1, 0.15) is 11.4 Å². The summed E-state index contributed by atoms with van der Waals surface area (Å²) in [7, 11) is 0. The molecule has 0 N–H and O–H groups in total. The summed E-state index contributed by atoms with van der Waals surface area (Å²) in [5.41, 5.74) is -0.668. The standard InChI is InChI=1S/C14H24O3/c1-9(2)13(16)17-14(4,5)11-7-6-10(3)8-12(11)15/h9-11H,6-8H2,1-5H3. The smallest absolute Gasteiger partial charge is 0.308 e. The van der Waals surface area contributed by atoms with Crippen LogP contribution in [0.25, 0.3) is 0 Å². The van der Waals surface area contributed by atoms with Gasteiger partial charge in [0, 0.05) is 6.42 Å². The second kappa shape index (κ2) is 5.19. The van der Waals surface area contributed by atoms with Crippen LogP contribution in [-0.4, -0.2) is 17.4 Å². The molecule has 1 aliphatic carbocycles. The number of ketones is 1. The molecule has 1 aliphatic rings. The van der Waals surface area contributed by atoms with Crippen LogP contribution in [0.15, 0.2) is 0 Å². The van der Waals surface area contributed by atoms with Gasteiger partial charge in [-0.25, -0.2) is 0 Å². The van der Waals surface area contributed by atoms with E-state index >= 15 is 0 Å². The first-order valence-corrected chi connectivity index (χ1v) is 6.49. The van der Waals surface area contributed by atoms with E-state index in [-0.39, 0.29) is 23.6 Å². The summed E-state index contributed by atoms with van der Waals surface area (Å²) < 4.78 is 5.48. The van der Waals surface area contributed by atoms with Crippen molar-refractivity contribution in [3.63, 3.8) is 0 Å². The van der Waals surface area contributed by atoms with E-state index < -0.39 is 5.60 Å². The van der Waals surface area contributed by atoms with Crippen molar-refractivity contribution < 1.29 is 14.3 Å². The van der Waals surface area contributed by atoms with Gasteiger partial charge in [-0.2, -0.15) is 0 Å². The number of rotatable bonds is 3. The molecule has 2 atom stereocenters. The normalized spacial score (nSPS) is 26.1. The highest BCUT2D eigenvalue weighted by Gasteiger charge is 2.41. The molecule has 0 aliphatic heterocycles. The molecule has 1 fully saturated rings. The molecular weight excluding hydrogens is 216 g/mol. The van der Waals surface area contributed by atoms with Crippen LogP contribution >= 0.6 is 0 Å². The average Bonchev–Trinajstić information content (AvgIpc) is 2.15. The van der Waals surface area contributed by atoms with Gasteiger partial charge in [-0.05, 0) is 32.6 Å². The molecule has 0 aromatic heterocycles. The van der Waals surface area contributed by atoms with Crippen LogP contribution in [0.3, 0.4) is 0 Å². The van der Waals surface area contributed by atoms with Crippen molar-refractivity contribution in [1.82, 2.24) is 0 Å². The Morgan fingerprint density at radius 1 is 1.35 bits per heavy atom. The molecule has 1 saturated carbocycles. The summed E-state index contributed by atoms with van der Waals surface area (Å²) >= 11 is 0. The predicted molar refractivity (Wildman–Crippen MR) is 66.5 cm³/mol. The Bertz CT molecular complexity index is 305. The van der Waals surface area contributed by atoms with Crippen molar-refractivity contribution in [1.29, 1.82) is 0 Å². The van der Waals surface area contributed by atoms with Crippen LogP contribution in [0.1, 0.15) is 53.9 Å². The summed E-state index contributed by atoms with van der Waals surface area (Å²) in [5.74, 6) is 0.204. The van der Waals surface area contributed by atoms with E-state index in [9.17, 15) is 9.59 Å². The Labute approximate surface area is 104 Å². The van der Waals surface area contributed by atoms with Crippen LogP contribution in [0.2, 0.25) is 0 Å². The SMILES string of the molecule is CC1CCC(C(C)(C)OC(=O)C(C)C)C(=O)C1. The molecule has 0 spiro atoms. The first-order valence-electron chi connectivity index (χ1n) is 6.49. The van der Waals surface area contributed by atoms with Gasteiger partial charge in [-0.15, -0.1) is 0 Å². The van der Waals surface area contributed by atoms with Crippen LogP contribution in [-0.2, 0) is 14.3 Å². The van der Waals surface area contributed by atoms with Gasteiger partial charge in [0.25, 0.3) is 0 Å². The summed E-state index contributed by atoms with van der Waals surface area (Å²) in [4.78, 5) is 23.6. The molecule has 2 unspecified atom stereocenters. The maximum atomic E-state index is 12.0. The number of hydrogen-bond acceptors (Lipinski definition) is 3. The zero-order valence-corrected chi connectivity index (χ0v) is 11.6. The Hall–Kier alpha value is -0.860. The lowest BCUT2D eigenvalue weighted by molar-refractivity contribution is -0.169. The van der Waals surface area contributed by atoms with Gasteiger partial charge in [0.05, 0.1) is 11.8 Å². The zero-order chi connectivity index (χ0) is 13.2. The van der Waals surface area contributed by atoms with E-state index in [0.29, 0.717) is 12.3 Å². The molecule has 0 radical (unpaired) electrons. The summed E-state index contributed by atoms with van der Waals surface area (Å²) in [6.45, 7) is 9.42. The second-order valence-corrected chi connectivity index (χ2v) is 6.08. The number of hydrogen-bond donors (Lipinski definition) is 0. The van der Waals surface area contributed by atoms with Gasteiger partial charge < -0.3 is 4.74 Å². The van der Waals surface area contributed by atoms with E-state index in [1.165, 1.54) is 0 Å². The molecular formula is C14H24O3. The molecule has 0 saturated heterocycles. The van der Waals surface area contributed by atoms with Crippen LogP contribution < -0.4 is 0 Å². The minimum absolute atomic E-state index is 0.138. The monoisotopic (exact) mass is 240 g/mol. The van der Waals surface area contributed by atoms with Gasteiger partial charge >= 0.3 is 5.97 Å². The maximum Gasteiger partial charge on any atom is 0.308 e. The van der Waals surface area contributed by atoms with Crippen LogP contribution in [0, 0.1) is 17.8 Å². The van der Waals surface area contributed by atoms with Crippen molar-refractivity contribution in [2.45, 2.75) is 59.5 Å². The second-order valence-electron chi connectivity index (χ2n) is 6.08. The Morgan fingerprint density at radius 3 is 2.41 bits per heavy atom. The van der Waals surface area contributed by atoms with E-state index in [1.54, 1.807) is 0 Å². The minimum Gasteiger partial charge on any atom is -0.459 e. The van der Waals surface area contributed by atoms with E-state index in [0.717, 1.165) is 12.8 Å². The molecule has 3 heteroatoms. The first-order chi connectivity index (χ1) is 7.74. The van der Waals surface area contributed by atoms with Crippen LogP contribution in [0.5, 0.6) is 0 Å². The summed E-state index contributed by atoms with van der Waals surface area (Å²) in [6, 6.07) is 0. The van der Waals surface area contributed by atoms with Crippen molar-refractivity contribution in [2.75, 3.05) is 0 Å². The number of carbonyl (C=O) groups is 2. The number of ether oxygens (including phenoxy) is 1. The molecule has 0 heterocycles. The average molecular weight is 240 g/mol. The summed E-state index contributed by atoms with van der Waals surface area (Å²) in [6.07, 6.45) is 2.49. The Kier molecular flexibility index (Phi) is 4.34. The third-order valence-electron chi connectivity index (χ3n) is 3.56. The molecule has 0 aromatic carbocycles. The lowest BCUT2D eigenvalue weighted by Gasteiger charge is -2.37. The molecule has 0 bridgehead atoms. The molecule has 17 heavy (non-hydrogen) atoms. The van der Waals surface area contributed by atoms with E-state index in [2.05, 4.69) is 6.92 Å². The third kappa shape index (κ3) is 3.55. The molecule has 1 rings (SSSR count). The van der Waals surface area contributed by atoms with Gasteiger partial charge in [-0.3, -0.25) is 9.59 Å². The lowest BCUT2D eigenvalue weighted by atomic mass is 9.74. The van der Waals surface area contributed by atoms with Crippen molar-refractivity contribution >= 4 is 11.8 Å². The number of esters is 1. The fourth-order valence-electron chi connectivity index (χ4n) is 2.38. The maximum absolute atomic E-state index is 12.0. The lowest BCUT2D eigenvalue weighted by Crippen LogP contribution is -2.44. The predicted octanol–water partition coefficient (Wildman–Crippen LogP) is 2.97. The molecule has 0 aromatic rings. The Balaban J connectivity index is 2.69. The van der Waals surface area contributed by atoms with E-state index in [4.69, 9.17) is 4.74 Å². The third-order valence-corrected chi connectivity index (χ3v) is 3.56. The largest absolute Gasteiger partial charge is 0.459 e. The van der Waals surface area contributed by atoms with Gasteiger partial charge in [-0.1, -0.05) is 20.8 Å². The molecule has 3 nitrogen and oxygen atoms in total. The molecule has 98 valence electrons. The number of carbonyl (C=O) groups excluding carboxylic acids is 2. The fraction of sp³-hybridized carbons (Fsp3) is 0.857.